The van der Waals surface area contributed by atoms with Crippen LogP contribution in [0.5, 0.6) is 5.75 Å². The van der Waals surface area contributed by atoms with E-state index in [9.17, 15) is 13.5 Å². The predicted molar refractivity (Wildman–Crippen MR) is 61.0 cm³/mol. The van der Waals surface area contributed by atoms with Crippen LogP contribution in [0.4, 0.5) is 0 Å². The van der Waals surface area contributed by atoms with Gasteiger partial charge in [0.1, 0.15) is 11.3 Å². The van der Waals surface area contributed by atoms with Crippen LogP contribution in [0.3, 0.4) is 0 Å². The van der Waals surface area contributed by atoms with Crippen molar-refractivity contribution in [3.63, 3.8) is 0 Å². The number of hydrogen-bond acceptors (Lipinski definition) is 4. The highest BCUT2D eigenvalue weighted by molar-refractivity contribution is 7.90. The fourth-order valence-corrected chi connectivity index (χ4v) is 2.42. The summed E-state index contributed by atoms with van der Waals surface area (Å²) in [5.41, 5.74) is 1.14. The van der Waals surface area contributed by atoms with Crippen molar-refractivity contribution in [1.82, 2.24) is 0 Å². The summed E-state index contributed by atoms with van der Waals surface area (Å²) < 4.78 is 28.2. The number of hydrogen-bond donors (Lipinski definition) is 1. The van der Waals surface area contributed by atoms with Crippen molar-refractivity contribution in [3.05, 3.63) is 30.0 Å². The van der Waals surface area contributed by atoms with Gasteiger partial charge in [0.05, 0.1) is 12.0 Å². The van der Waals surface area contributed by atoms with Gasteiger partial charge < -0.3 is 9.52 Å². The highest BCUT2D eigenvalue weighted by Gasteiger charge is 2.14. The van der Waals surface area contributed by atoms with Crippen LogP contribution in [-0.2, 0) is 15.6 Å². The Bertz CT molecular complexity index is 610. The average molecular weight is 240 g/mol. The number of aromatic hydroxyl groups is 1. The van der Waals surface area contributed by atoms with Gasteiger partial charge in [-0.25, -0.2) is 8.42 Å². The Kier molecular flexibility index (Phi) is 2.63. The van der Waals surface area contributed by atoms with Crippen molar-refractivity contribution in [2.45, 2.75) is 12.7 Å². The molecule has 0 bridgehead atoms. The Balaban J connectivity index is 2.47. The van der Waals surface area contributed by atoms with Gasteiger partial charge in [-0.2, -0.15) is 0 Å². The van der Waals surface area contributed by atoms with Gasteiger partial charge in [0, 0.05) is 22.8 Å². The van der Waals surface area contributed by atoms with E-state index in [0.29, 0.717) is 11.1 Å². The maximum Gasteiger partial charge on any atom is 0.154 e. The monoisotopic (exact) mass is 240 g/mol. The highest BCUT2D eigenvalue weighted by atomic mass is 32.2. The Morgan fingerprint density at radius 2 is 2.12 bits per heavy atom. The van der Waals surface area contributed by atoms with Gasteiger partial charge in [0.25, 0.3) is 0 Å². The van der Waals surface area contributed by atoms with E-state index in [-0.39, 0.29) is 17.3 Å². The standard InChI is InChI=1S/C11H12O4S/c1-2-16(13,14)7-8-6-15-11-5-9(12)3-4-10(8)11/h3-6,12H,2,7H2,1H3. The first kappa shape index (κ1) is 11.0. The van der Waals surface area contributed by atoms with Crippen LogP contribution in [0.25, 0.3) is 11.0 Å². The summed E-state index contributed by atoms with van der Waals surface area (Å²) in [5, 5.41) is 9.97. The number of phenolic OH excluding ortho intramolecular Hbond substituents is 1. The molecule has 86 valence electrons. The molecule has 0 spiro atoms. The lowest BCUT2D eigenvalue weighted by molar-refractivity contribution is 0.474. The molecule has 0 saturated carbocycles. The van der Waals surface area contributed by atoms with Gasteiger partial charge in [-0.3, -0.25) is 0 Å². The van der Waals surface area contributed by atoms with E-state index < -0.39 is 9.84 Å². The lowest BCUT2D eigenvalue weighted by Crippen LogP contribution is -2.05. The smallest absolute Gasteiger partial charge is 0.154 e. The molecular weight excluding hydrogens is 228 g/mol. The SMILES string of the molecule is CCS(=O)(=O)Cc1coc2cc(O)ccc12. The van der Waals surface area contributed by atoms with Crippen LogP contribution in [0, 0.1) is 0 Å². The number of sulfone groups is 1. The molecular formula is C11H12O4S. The summed E-state index contributed by atoms with van der Waals surface area (Å²) >= 11 is 0. The average Bonchev–Trinajstić information content (AvgIpc) is 2.60. The van der Waals surface area contributed by atoms with Crippen molar-refractivity contribution in [3.8, 4) is 5.75 Å². The molecule has 0 radical (unpaired) electrons. The van der Waals surface area contributed by atoms with E-state index in [2.05, 4.69) is 0 Å². The second-order valence-electron chi connectivity index (χ2n) is 3.62. The van der Waals surface area contributed by atoms with Gasteiger partial charge in [0.2, 0.25) is 0 Å². The van der Waals surface area contributed by atoms with E-state index in [1.165, 1.54) is 18.4 Å². The molecule has 2 aromatic rings. The first-order valence-corrected chi connectivity index (χ1v) is 6.73. The minimum atomic E-state index is -3.07. The third-order valence-electron chi connectivity index (χ3n) is 2.45. The van der Waals surface area contributed by atoms with Crippen LogP contribution in [-0.4, -0.2) is 19.3 Å². The van der Waals surface area contributed by atoms with Crippen LogP contribution in [0.1, 0.15) is 12.5 Å². The van der Waals surface area contributed by atoms with Crippen LogP contribution < -0.4 is 0 Å². The number of furan rings is 1. The van der Waals surface area contributed by atoms with E-state index >= 15 is 0 Å². The van der Waals surface area contributed by atoms with Crippen LogP contribution >= 0.6 is 0 Å². The van der Waals surface area contributed by atoms with E-state index in [4.69, 9.17) is 4.42 Å². The predicted octanol–water partition coefficient (Wildman–Crippen LogP) is 2.07. The summed E-state index contributed by atoms with van der Waals surface area (Å²) in [7, 11) is -3.07. The lowest BCUT2D eigenvalue weighted by Gasteiger charge is -1.98. The number of fused-ring (bicyclic) bond motifs is 1. The fraction of sp³-hybridized carbons (Fsp3) is 0.273. The maximum absolute atomic E-state index is 11.5. The Morgan fingerprint density at radius 1 is 1.38 bits per heavy atom. The van der Waals surface area contributed by atoms with Crippen LogP contribution in [0.2, 0.25) is 0 Å². The van der Waals surface area contributed by atoms with Gasteiger partial charge in [-0.1, -0.05) is 6.92 Å². The van der Waals surface area contributed by atoms with Crippen LogP contribution in [0.15, 0.2) is 28.9 Å². The van der Waals surface area contributed by atoms with Crippen molar-refractivity contribution >= 4 is 20.8 Å². The zero-order chi connectivity index (χ0) is 11.8. The summed E-state index contributed by atoms with van der Waals surface area (Å²) in [6, 6.07) is 4.64. The molecule has 1 N–H and O–H groups in total. The van der Waals surface area contributed by atoms with Gasteiger partial charge >= 0.3 is 0 Å². The van der Waals surface area contributed by atoms with Crippen molar-refractivity contribution in [2.24, 2.45) is 0 Å². The normalized spacial score (nSPS) is 12.1. The lowest BCUT2D eigenvalue weighted by atomic mass is 10.2. The molecule has 2 rings (SSSR count). The first-order chi connectivity index (χ1) is 7.52. The van der Waals surface area contributed by atoms with E-state index in [1.807, 2.05) is 0 Å². The minimum Gasteiger partial charge on any atom is -0.508 e. The minimum absolute atomic E-state index is 0.0265. The van der Waals surface area contributed by atoms with E-state index in [1.54, 1.807) is 13.0 Å². The number of phenols is 1. The third-order valence-corrected chi connectivity index (χ3v) is 4.09. The Hall–Kier alpha value is -1.49. The molecule has 0 unspecified atom stereocenters. The Morgan fingerprint density at radius 3 is 2.81 bits per heavy atom. The summed E-state index contributed by atoms with van der Waals surface area (Å²) in [5.74, 6) is 0.186. The molecule has 0 amide bonds. The second kappa shape index (κ2) is 3.83. The molecule has 0 aliphatic rings. The van der Waals surface area contributed by atoms with Crippen molar-refractivity contribution in [2.75, 3.05) is 5.75 Å². The first-order valence-electron chi connectivity index (χ1n) is 4.91. The molecule has 0 saturated heterocycles. The number of rotatable bonds is 3. The van der Waals surface area contributed by atoms with Crippen molar-refractivity contribution < 1.29 is 17.9 Å². The Labute approximate surface area is 93.4 Å². The molecule has 4 nitrogen and oxygen atoms in total. The fourth-order valence-electron chi connectivity index (χ4n) is 1.52. The van der Waals surface area contributed by atoms with Gasteiger partial charge in [0.15, 0.2) is 9.84 Å². The molecule has 5 heteroatoms. The summed E-state index contributed by atoms with van der Waals surface area (Å²) in [6.45, 7) is 1.61. The quantitative estimate of drug-likeness (QED) is 0.891. The zero-order valence-electron chi connectivity index (χ0n) is 8.80. The number of benzene rings is 1. The molecule has 0 aliphatic heterocycles. The summed E-state index contributed by atoms with van der Waals surface area (Å²) in [6.07, 6.45) is 1.43. The van der Waals surface area contributed by atoms with E-state index in [0.717, 1.165) is 5.39 Å². The molecule has 0 fully saturated rings. The molecule has 1 aromatic heterocycles. The topological polar surface area (TPSA) is 67.5 Å². The maximum atomic E-state index is 11.5. The molecule has 0 atom stereocenters. The summed E-state index contributed by atoms with van der Waals surface area (Å²) in [4.78, 5) is 0. The van der Waals surface area contributed by atoms with Gasteiger partial charge in [-0.05, 0) is 12.1 Å². The second-order valence-corrected chi connectivity index (χ2v) is 5.97. The molecule has 1 aromatic carbocycles. The van der Waals surface area contributed by atoms with Crippen molar-refractivity contribution in [1.29, 1.82) is 0 Å². The zero-order valence-corrected chi connectivity index (χ0v) is 9.62. The largest absolute Gasteiger partial charge is 0.508 e. The van der Waals surface area contributed by atoms with Gasteiger partial charge in [-0.15, -0.1) is 0 Å². The molecule has 1 heterocycles. The third kappa shape index (κ3) is 2.04. The highest BCUT2D eigenvalue weighted by Crippen LogP contribution is 2.26. The molecule has 0 aliphatic carbocycles. The molecule has 16 heavy (non-hydrogen) atoms.